The van der Waals surface area contributed by atoms with Gasteiger partial charge in [-0.25, -0.2) is 0 Å². The highest BCUT2D eigenvalue weighted by Crippen LogP contribution is 2.22. The van der Waals surface area contributed by atoms with Crippen LogP contribution in [0.4, 0.5) is 5.69 Å². The van der Waals surface area contributed by atoms with Crippen molar-refractivity contribution in [3.63, 3.8) is 0 Å². The van der Waals surface area contributed by atoms with Crippen molar-refractivity contribution in [2.24, 2.45) is 0 Å². The van der Waals surface area contributed by atoms with E-state index in [-0.39, 0.29) is 0 Å². The molecule has 0 fully saturated rings. The molecule has 0 aliphatic carbocycles. The number of aryl methyl sites for hydroxylation is 2. The topological polar surface area (TPSA) is 26.0 Å². The Labute approximate surface area is 93.9 Å². The van der Waals surface area contributed by atoms with Gasteiger partial charge in [-0.1, -0.05) is 19.4 Å². The molecule has 0 saturated heterocycles. The summed E-state index contributed by atoms with van der Waals surface area (Å²) in [6.45, 7) is 4.29. The molecular weight excluding hydrogens is 273 g/mol. The third kappa shape index (κ3) is 2.86. The lowest BCUT2D eigenvalue weighted by atomic mass is 10.1. The van der Waals surface area contributed by atoms with Crippen molar-refractivity contribution in [2.45, 2.75) is 33.1 Å². The maximum Gasteiger partial charge on any atom is 0.0479 e. The van der Waals surface area contributed by atoms with Gasteiger partial charge in [0.15, 0.2) is 0 Å². The summed E-state index contributed by atoms with van der Waals surface area (Å²) in [4.78, 5) is 0. The van der Waals surface area contributed by atoms with Crippen LogP contribution in [0, 0.1) is 10.5 Å². The van der Waals surface area contributed by atoms with Crippen LogP contribution in [-0.4, -0.2) is 0 Å². The Morgan fingerprint density at radius 1 is 1.38 bits per heavy atom. The van der Waals surface area contributed by atoms with Gasteiger partial charge >= 0.3 is 0 Å². The van der Waals surface area contributed by atoms with Crippen LogP contribution in [0.15, 0.2) is 12.1 Å². The minimum Gasteiger partial charge on any atom is -0.398 e. The molecule has 1 aromatic carbocycles. The van der Waals surface area contributed by atoms with E-state index in [1.807, 2.05) is 0 Å². The molecule has 13 heavy (non-hydrogen) atoms. The van der Waals surface area contributed by atoms with E-state index in [1.54, 1.807) is 0 Å². The van der Waals surface area contributed by atoms with Crippen LogP contribution in [0.2, 0.25) is 0 Å². The number of halogens is 1. The summed E-state index contributed by atoms with van der Waals surface area (Å²) in [7, 11) is 0. The van der Waals surface area contributed by atoms with Crippen molar-refractivity contribution in [3.05, 3.63) is 26.8 Å². The lowest BCUT2D eigenvalue weighted by Gasteiger charge is -2.07. The molecule has 0 radical (unpaired) electrons. The van der Waals surface area contributed by atoms with Crippen molar-refractivity contribution < 1.29 is 0 Å². The summed E-state index contributed by atoms with van der Waals surface area (Å²) < 4.78 is 1.18. The SMILES string of the molecule is CCCCc1cc(C)c(N)c(I)c1. The first-order valence-electron chi connectivity index (χ1n) is 4.69. The number of unbranched alkanes of at least 4 members (excludes halogenated alkanes) is 1. The van der Waals surface area contributed by atoms with Gasteiger partial charge in [0, 0.05) is 9.26 Å². The van der Waals surface area contributed by atoms with Crippen LogP contribution in [0.5, 0.6) is 0 Å². The highest BCUT2D eigenvalue weighted by atomic mass is 127. The monoisotopic (exact) mass is 289 g/mol. The van der Waals surface area contributed by atoms with E-state index >= 15 is 0 Å². The molecule has 1 nitrogen and oxygen atoms in total. The molecule has 72 valence electrons. The fourth-order valence-electron chi connectivity index (χ4n) is 1.35. The summed E-state index contributed by atoms with van der Waals surface area (Å²) in [6, 6.07) is 4.39. The zero-order valence-corrected chi connectivity index (χ0v) is 10.4. The molecule has 0 atom stereocenters. The molecular formula is C11H16IN. The molecule has 1 rings (SSSR count). The van der Waals surface area contributed by atoms with Gasteiger partial charge < -0.3 is 5.73 Å². The van der Waals surface area contributed by atoms with Crippen LogP contribution in [-0.2, 0) is 6.42 Å². The fraction of sp³-hybridized carbons (Fsp3) is 0.455. The Morgan fingerprint density at radius 2 is 2.08 bits per heavy atom. The Hall–Kier alpha value is -0.250. The molecule has 2 N–H and O–H groups in total. The molecule has 0 amide bonds. The molecule has 0 spiro atoms. The summed E-state index contributed by atoms with van der Waals surface area (Å²) in [5, 5.41) is 0. The highest BCUT2D eigenvalue weighted by Gasteiger charge is 2.01. The van der Waals surface area contributed by atoms with Crippen LogP contribution in [0.1, 0.15) is 30.9 Å². The zero-order chi connectivity index (χ0) is 9.84. The first-order chi connectivity index (χ1) is 6.15. The Balaban J connectivity index is 2.86. The second-order valence-electron chi connectivity index (χ2n) is 3.41. The van der Waals surface area contributed by atoms with Crippen molar-refractivity contribution in [1.29, 1.82) is 0 Å². The molecule has 0 aromatic heterocycles. The molecule has 1 aromatic rings. The standard InChI is InChI=1S/C11H16IN/c1-3-4-5-9-6-8(2)11(13)10(12)7-9/h6-7H,3-5,13H2,1-2H3. The van der Waals surface area contributed by atoms with E-state index in [9.17, 15) is 0 Å². The average Bonchev–Trinajstić information content (AvgIpc) is 2.10. The quantitative estimate of drug-likeness (QED) is 0.668. The Kier molecular flexibility index (Phi) is 4.03. The van der Waals surface area contributed by atoms with Crippen molar-refractivity contribution in [2.75, 3.05) is 5.73 Å². The molecule has 0 aliphatic rings. The van der Waals surface area contributed by atoms with Gasteiger partial charge in [0.1, 0.15) is 0 Å². The van der Waals surface area contributed by atoms with Crippen LogP contribution < -0.4 is 5.73 Å². The number of hydrogen-bond donors (Lipinski definition) is 1. The maximum absolute atomic E-state index is 5.87. The van der Waals surface area contributed by atoms with Gasteiger partial charge in [-0.05, 0) is 59.5 Å². The van der Waals surface area contributed by atoms with Gasteiger partial charge in [0.2, 0.25) is 0 Å². The average molecular weight is 289 g/mol. The smallest absolute Gasteiger partial charge is 0.0479 e. The number of anilines is 1. The van der Waals surface area contributed by atoms with Crippen molar-refractivity contribution >= 4 is 28.3 Å². The second-order valence-corrected chi connectivity index (χ2v) is 4.57. The van der Waals surface area contributed by atoms with Crippen LogP contribution in [0.3, 0.4) is 0 Å². The molecule has 0 bridgehead atoms. The number of rotatable bonds is 3. The van der Waals surface area contributed by atoms with Gasteiger partial charge in [-0.2, -0.15) is 0 Å². The van der Waals surface area contributed by atoms with Crippen molar-refractivity contribution in [3.8, 4) is 0 Å². The Morgan fingerprint density at radius 3 is 2.62 bits per heavy atom. The van der Waals surface area contributed by atoms with Gasteiger partial charge in [0.25, 0.3) is 0 Å². The minimum atomic E-state index is 0.931. The third-order valence-corrected chi connectivity index (χ3v) is 3.11. The highest BCUT2D eigenvalue weighted by molar-refractivity contribution is 14.1. The lowest BCUT2D eigenvalue weighted by molar-refractivity contribution is 0.794. The molecule has 2 heteroatoms. The summed E-state index contributed by atoms with van der Waals surface area (Å²) in [6.07, 6.45) is 3.69. The normalized spacial score (nSPS) is 10.4. The second kappa shape index (κ2) is 4.84. The lowest BCUT2D eigenvalue weighted by Crippen LogP contribution is -1.96. The van der Waals surface area contributed by atoms with E-state index in [4.69, 9.17) is 5.73 Å². The summed E-state index contributed by atoms with van der Waals surface area (Å²) >= 11 is 2.30. The van der Waals surface area contributed by atoms with Gasteiger partial charge in [0.05, 0.1) is 0 Å². The molecule has 0 heterocycles. The summed E-state index contributed by atoms with van der Waals surface area (Å²) in [5.74, 6) is 0. The van der Waals surface area contributed by atoms with Crippen LogP contribution >= 0.6 is 22.6 Å². The molecule has 0 unspecified atom stereocenters. The number of nitrogens with two attached hydrogens (primary N) is 1. The van der Waals surface area contributed by atoms with E-state index in [0.717, 1.165) is 5.69 Å². The predicted octanol–water partition coefficient (Wildman–Crippen LogP) is 3.52. The van der Waals surface area contributed by atoms with E-state index in [0.29, 0.717) is 0 Å². The van der Waals surface area contributed by atoms with E-state index in [2.05, 4.69) is 48.6 Å². The Bertz CT molecular complexity index is 271. The minimum absolute atomic E-state index is 0.931. The van der Waals surface area contributed by atoms with Crippen LogP contribution in [0.25, 0.3) is 0 Å². The predicted molar refractivity (Wildman–Crippen MR) is 66.9 cm³/mol. The maximum atomic E-state index is 5.87. The number of hydrogen-bond acceptors (Lipinski definition) is 1. The summed E-state index contributed by atoms with van der Waals surface area (Å²) in [5.41, 5.74) is 9.42. The molecule has 0 aliphatic heterocycles. The first-order valence-corrected chi connectivity index (χ1v) is 5.77. The van der Waals surface area contributed by atoms with E-state index in [1.165, 1.54) is 34.0 Å². The first kappa shape index (κ1) is 10.8. The largest absolute Gasteiger partial charge is 0.398 e. The van der Waals surface area contributed by atoms with Gasteiger partial charge in [-0.15, -0.1) is 0 Å². The zero-order valence-electron chi connectivity index (χ0n) is 8.23. The van der Waals surface area contributed by atoms with Crippen molar-refractivity contribution in [1.82, 2.24) is 0 Å². The molecule has 0 saturated carbocycles. The third-order valence-electron chi connectivity index (χ3n) is 2.22. The van der Waals surface area contributed by atoms with Gasteiger partial charge in [-0.3, -0.25) is 0 Å². The van der Waals surface area contributed by atoms with E-state index < -0.39 is 0 Å². The number of benzene rings is 1. The fourth-order valence-corrected chi connectivity index (χ4v) is 2.18. The number of nitrogen functional groups attached to an aromatic ring is 1.